The van der Waals surface area contributed by atoms with Gasteiger partial charge in [0.1, 0.15) is 6.04 Å². The first-order valence-electron chi connectivity index (χ1n) is 12.1. The molecule has 12 heteroatoms. The molecular formula is C28H25ClN4O7. The minimum Gasteiger partial charge on any atom is -0.465 e. The molecule has 1 unspecified atom stereocenters. The Balaban J connectivity index is 1.72. The van der Waals surface area contributed by atoms with Gasteiger partial charge in [-0.2, -0.15) is 0 Å². The molecule has 0 radical (unpaired) electrons. The number of benzene rings is 2. The Morgan fingerprint density at radius 1 is 1.10 bits per heavy atom. The van der Waals surface area contributed by atoms with Crippen LogP contribution < -0.4 is 10.6 Å². The van der Waals surface area contributed by atoms with Crippen LogP contribution in [-0.4, -0.2) is 59.3 Å². The van der Waals surface area contributed by atoms with Crippen molar-refractivity contribution in [2.75, 3.05) is 24.4 Å². The summed E-state index contributed by atoms with van der Waals surface area (Å²) in [5, 5.41) is 5.69. The number of pyridine rings is 1. The smallest absolute Gasteiger partial charge is 0.339 e. The lowest BCUT2D eigenvalue weighted by Gasteiger charge is -2.29. The Morgan fingerprint density at radius 2 is 1.90 bits per heavy atom. The lowest BCUT2D eigenvalue weighted by atomic mass is 10.0. The van der Waals surface area contributed by atoms with E-state index in [1.807, 2.05) is 0 Å². The van der Waals surface area contributed by atoms with E-state index in [0.29, 0.717) is 16.3 Å². The standard InChI is InChI=1S/C28H25ClN4O7/c1-16(34)40-15-25(35)31-22-11-17(6-8-21(22)28(38)39-2)14-33-24(13-19-5-3-4-10-30-19)26(36)32-23-12-18(29)7-9-20(23)27(33)37/h3-12,24H,13-15H2,1-2H3,(H,31,35)(H,32,36). The highest BCUT2D eigenvalue weighted by atomic mass is 35.5. The predicted octanol–water partition coefficient (Wildman–Crippen LogP) is 3.23. The number of amides is 3. The van der Waals surface area contributed by atoms with Crippen molar-refractivity contribution in [2.24, 2.45) is 0 Å². The summed E-state index contributed by atoms with van der Waals surface area (Å²) < 4.78 is 9.54. The molecule has 11 nitrogen and oxygen atoms in total. The van der Waals surface area contributed by atoms with Gasteiger partial charge in [-0.15, -0.1) is 0 Å². The number of ether oxygens (including phenoxy) is 2. The van der Waals surface area contributed by atoms with Crippen molar-refractivity contribution < 1.29 is 33.4 Å². The Morgan fingerprint density at radius 3 is 2.60 bits per heavy atom. The minimum atomic E-state index is -0.948. The second kappa shape index (κ2) is 12.4. The van der Waals surface area contributed by atoms with Gasteiger partial charge in [0.2, 0.25) is 5.91 Å². The molecule has 2 heterocycles. The molecule has 1 atom stereocenters. The topological polar surface area (TPSA) is 144 Å². The molecule has 1 aromatic heterocycles. The quantitative estimate of drug-likeness (QED) is 0.397. The fraction of sp³-hybridized carbons (Fsp3) is 0.214. The predicted molar refractivity (Wildman–Crippen MR) is 145 cm³/mol. The first-order valence-corrected chi connectivity index (χ1v) is 12.5. The number of hydrogen-bond donors (Lipinski definition) is 2. The van der Waals surface area contributed by atoms with Crippen LogP contribution in [0, 0.1) is 0 Å². The van der Waals surface area contributed by atoms with Gasteiger partial charge in [-0.3, -0.25) is 24.2 Å². The van der Waals surface area contributed by atoms with Crippen molar-refractivity contribution in [1.82, 2.24) is 9.88 Å². The van der Waals surface area contributed by atoms with E-state index in [-0.39, 0.29) is 35.5 Å². The van der Waals surface area contributed by atoms with Gasteiger partial charge in [-0.25, -0.2) is 4.79 Å². The Kier molecular flexibility index (Phi) is 8.75. The zero-order valence-corrected chi connectivity index (χ0v) is 22.4. The number of esters is 2. The SMILES string of the molecule is COC(=O)c1ccc(CN2C(=O)c3ccc(Cl)cc3NC(=O)C2Cc2ccccn2)cc1NC(=O)COC(C)=O. The average molecular weight is 565 g/mol. The maximum absolute atomic E-state index is 13.8. The first-order chi connectivity index (χ1) is 19.2. The number of hydrogen-bond acceptors (Lipinski definition) is 8. The third-order valence-electron chi connectivity index (χ3n) is 6.06. The average Bonchev–Trinajstić information content (AvgIpc) is 3.02. The molecule has 4 rings (SSSR count). The number of halogens is 1. The van der Waals surface area contributed by atoms with Gasteiger partial charge in [0.15, 0.2) is 6.61 Å². The Labute approximate surface area is 234 Å². The molecule has 0 saturated heterocycles. The van der Waals surface area contributed by atoms with Crippen molar-refractivity contribution >= 4 is 52.6 Å². The van der Waals surface area contributed by atoms with E-state index in [9.17, 15) is 24.0 Å². The van der Waals surface area contributed by atoms with E-state index in [2.05, 4.69) is 15.6 Å². The molecule has 0 spiro atoms. The van der Waals surface area contributed by atoms with E-state index in [1.165, 1.54) is 36.3 Å². The Hall–Kier alpha value is -4.77. The second-order valence-electron chi connectivity index (χ2n) is 8.85. The van der Waals surface area contributed by atoms with Gasteiger partial charge in [0, 0.05) is 36.8 Å². The van der Waals surface area contributed by atoms with Crippen molar-refractivity contribution in [3.63, 3.8) is 0 Å². The molecule has 0 saturated carbocycles. The molecule has 3 aromatic rings. The van der Waals surface area contributed by atoms with Gasteiger partial charge in [-0.1, -0.05) is 23.7 Å². The summed E-state index contributed by atoms with van der Waals surface area (Å²) in [6.45, 7) is 0.548. The van der Waals surface area contributed by atoms with Gasteiger partial charge < -0.3 is 25.0 Å². The van der Waals surface area contributed by atoms with Crippen molar-refractivity contribution in [3.05, 3.63) is 88.2 Å². The third-order valence-corrected chi connectivity index (χ3v) is 6.30. The number of carbonyl (C=O) groups is 5. The third kappa shape index (κ3) is 6.62. The van der Waals surface area contributed by atoms with Crippen LogP contribution in [0.4, 0.5) is 11.4 Å². The summed E-state index contributed by atoms with van der Waals surface area (Å²) in [4.78, 5) is 68.8. The molecule has 206 valence electrons. The molecular weight excluding hydrogens is 540 g/mol. The number of carbonyl (C=O) groups excluding carboxylic acids is 5. The number of aromatic nitrogens is 1. The first kappa shape index (κ1) is 28.2. The fourth-order valence-electron chi connectivity index (χ4n) is 4.19. The van der Waals surface area contributed by atoms with Crippen LogP contribution in [0.2, 0.25) is 5.02 Å². The maximum Gasteiger partial charge on any atom is 0.339 e. The highest BCUT2D eigenvalue weighted by Gasteiger charge is 2.36. The van der Waals surface area contributed by atoms with E-state index in [4.69, 9.17) is 21.1 Å². The summed E-state index contributed by atoms with van der Waals surface area (Å²) in [7, 11) is 1.20. The van der Waals surface area contributed by atoms with Gasteiger partial charge in [-0.05, 0) is 48.0 Å². The highest BCUT2D eigenvalue weighted by Crippen LogP contribution is 2.29. The fourth-order valence-corrected chi connectivity index (χ4v) is 4.37. The number of fused-ring (bicyclic) bond motifs is 1. The van der Waals surface area contributed by atoms with Crippen LogP contribution in [0.3, 0.4) is 0 Å². The molecule has 3 amide bonds. The van der Waals surface area contributed by atoms with Crippen molar-refractivity contribution in [1.29, 1.82) is 0 Å². The monoisotopic (exact) mass is 564 g/mol. The molecule has 2 N–H and O–H groups in total. The number of nitrogens with one attached hydrogen (secondary N) is 2. The second-order valence-corrected chi connectivity index (χ2v) is 9.29. The number of methoxy groups -OCH3 is 1. The zero-order valence-electron chi connectivity index (χ0n) is 21.6. The van der Waals surface area contributed by atoms with Crippen LogP contribution in [0.5, 0.6) is 0 Å². The number of anilines is 2. The van der Waals surface area contributed by atoms with Crippen molar-refractivity contribution in [3.8, 4) is 0 Å². The van der Waals surface area contributed by atoms with E-state index in [0.717, 1.165) is 6.92 Å². The lowest BCUT2D eigenvalue weighted by molar-refractivity contribution is -0.144. The largest absolute Gasteiger partial charge is 0.465 e. The summed E-state index contributed by atoms with van der Waals surface area (Å²) >= 11 is 6.12. The van der Waals surface area contributed by atoms with E-state index in [1.54, 1.807) is 36.5 Å². The number of rotatable bonds is 8. The molecule has 40 heavy (non-hydrogen) atoms. The van der Waals surface area contributed by atoms with Crippen LogP contribution in [0.25, 0.3) is 0 Å². The molecule has 0 fully saturated rings. The van der Waals surface area contributed by atoms with E-state index < -0.39 is 42.3 Å². The minimum absolute atomic E-state index is 0.0485. The normalized spacial score (nSPS) is 14.5. The van der Waals surface area contributed by atoms with Crippen LogP contribution in [0.15, 0.2) is 60.8 Å². The molecule has 0 aliphatic carbocycles. The summed E-state index contributed by atoms with van der Waals surface area (Å²) in [5.41, 5.74) is 1.77. The summed E-state index contributed by atoms with van der Waals surface area (Å²) in [6, 6.07) is 13.5. The van der Waals surface area contributed by atoms with E-state index >= 15 is 0 Å². The van der Waals surface area contributed by atoms with Gasteiger partial charge >= 0.3 is 11.9 Å². The molecule has 1 aliphatic rings. The number of nitrogens with zero attached hydrogens (tertiary/aromatic N) is 2. The molecule has 1 aliphatic heterocycles. The van der Waals surface area contributed by atoms with Gasteiger partial charge in [0.25, 0.3) is 11.8 Å². The Bertz CT molecular complexity index is 1480. The molecule has 2 aromatic carbocycles. The summed E-state index contributed by atoms with van der Waals surface area (Å²) in [5.74, 6) is -2.89. The highest BCUT2D eigenvalue weighted by molar-refractivity contribution is 6.31. The van der Waals surface area contributed by atoms with Crippen LogP contribution >= 0.6 is 11.6 Å². The van der Waals surface area contributed by atoms with Crippen LogP contribution in [0.1, 0.15) is 38.9 Å². The van der Waals surface area contributed by atoms with Crippen LogP contribution in [-0.2, 0) is 36.8 Å². The molecule has 0 bridgehead atoms. The maximum atomic E-state index is 13.8. The lowest BCUT2D eigenvalue weighted by Crippen LogP contribution is -2.46. The van der Waals surface area contributed by atoms with Crippen molar-refractivity contribution in [2.45, 2.75) is 25.9 Å². The van der Waals surface area contributed by atoms with Gasteiger partial charge in [0.05, 0.1) is 29.6 Å². The summed E-state index contributed by atoms with van der Waals surface area (Å²) in [6.07, 6.45) is 1.73. The zero-order chi connectivity index (χ0) is 28.8.